The maximum Gasteiger partial charge on any atom is 0.110 e. The standard InChI is InChI=1S/2C8H13N.3C7H12N2.3C7H11N.2C7H10O.C7H10S.3C6H10N2/c1-7(2)8-4-5-9(3)6-8;1-7(2)8-5-4-6-9(8)3;1-6(2)7-4-9(3)5-8-7;1-6(2)7-4-8-5-9(7)3;1-6(2)7-8-4-5-9(7)3;1-6(2)7-3-4-8-5-7;1-7(2)8-5-3-4-6-8;1-6(2)7-4-3-5-8-7;1-6(2)7-3-4-8-5-7;1-6(2)7-4-3-5-8-7;1-6(2)7-3-4-8-5-7;1-5(2)6-3-7-4-8-6;1-6(2)8-4-3-7-5-8;1-5(2)6-7-3-4-8-6/h2*4-7H,1-3H3;3*4-6H,1-3H3;3-6,8H,1-2H3;3-7H,1-2H3;3-6,8H,1-2H3;3*3-6H,1-2H3;3-5H,1-2H3,(H,7,8);3-6H,1-2H3;3-5H,1-2H3,(H,7,8). The van der Waals surface area contributed by atoms with Crippen LogP contribution in [0, 0.1) is 0 Å². The number of nitrogens with zero attached hydrogens (tertiary/aromatic N) is 13. The van der Waals surface area contributed by atoms with E-state index in [4.69, 9.17) is 8.83 Å². The zero-order chi connectivity index (χ0) is 88.1. The molecule has 0 aliphatic heterocycles. The highest BCUT2D eigenvalue weighted by atomic mass is 32.1. The summed E-state index contributed by atoms with van der Waals surface area (Å²) < 4.78 is 24.5. The number of aromatic amines is 4. The van der Waals surface area contributed by atoms with Gasteiger partial charge in [0.1, 0.15) is 17.4 Å². The molecule has 646 valence electrons. The third-order valence-corrected chi connectivity index (χ3v) is 18.6. The normalized spacial score (nSPS) is 10.5. The predicted octanol–water partition coefficient (Wildman–Crippen LogP) is 27.5. The van der Waals surface area contributed by atoms with Crippen molar-refractivity contribution in [2.45, 2.75) is 277 Å². The summed E-state index contributed by atoms with van der Waals surface area (Å²) in [5.41, 5.74) is 11.9. The Balaban J connectivity index is 0.000000630. The molecule has 0 unspecified atom stereocenters. The summed E-state index contributed by atoms with van der Waals surface area (Å²) in [5, 5.41) is 4.32. The zero-order valence-electron chi connectivity index (χ0n) is 78.1. The van der Waals surface area contributed by atoms with Crippen molar-refractivity contribution in [1.29, 1.82) is 0 Å². The van der Waals surface area contributed by atoms with E-state index >= 15 is 0 Å². The van der Waals surface area contributed by atoms with Gasteiger partial charge >= 0.3 is 0 Å². The smallest absolute Gasteiger partial charge is 0.110 e. The molecule has 0 spiro atoms. The maximum atomic E-state index is 5.09. The van der Waals surface area contributed by atoms with Crippen LogP contribution in [0.2, 0.25) is 0 Å². The molecule has 14 aromatic heterocycles. The Hall–Kier alpha value is -10.1. The maximum absolute atomic E-state index is 5.09. The molecule has 0 fully saturated rings. The van der Waals surface area contributed by atoms with E-state index in [2.05, 4.69) is 347 Å². The van der Waals surface area contributed by atoms with Gasteiger partial charge in [0.15, 0.2) is 0 Å². The van der Waals surface area contributed by atoms with Crippen molar-refractivity contribution in [3.8, 4) is 0 Å². The van der Waals surface area contributed by atoms with Crippen molar-refractivity contribution in [3.05, 3.63) is 301 Å². The molecule has 0 bridgehead atoms. The van der Waals surface area contributed by atoms with E-state index in [1.54, 1.807) is 48.8 Å². The quantitative estimate of drug-likeness (QED) is 0.0823. The molecule has 0 aliphatic rings. The van der Waals surface area contributed by atoms with Gasteiger partial charge in [-0.3, -0.25) is 0 Å². The Morgan fingerprint density at radius 3 is 1.26 bits per heavy atom. The van der Waals surface area contributed by atoms with Crippen LogP contribution in [0.5, 0.6) is 0 Å². The van der Waals surface area contributed by atoms with Gasteiger partial charge in [0.2, 0.25) is 0 Å². The molecule has 14 aromatic rings. The van der Waals surface area contributed by atoms with Crippen LogP contribution in [-0.4, -0.2) is 81.8 Å². The number of imidazole rings is 6. The van der Waals surface area contributed by atoms with Crippen LogP contribution in [0.3, 0.4) is 0 Å². The fraction of sp³-hybridized carbons (Fsp3) is 0.485. The second-order valence-electron chi connectivity index (χ2n) is 33.0. The molecular formula is C97H155N17O2S. The molecule has 0 atom stereocenters. The van der Waals surface area contributed by atoms with E-state index in [1.807, 2.05) is 159 Å². The van der Waals surface area contributed by atoms with Crippen molar-refractivity contribution in [3.63, 3.8) is 0 Å². The Labute approximate surface area is 711 Å². The number of H-pyrrole nitrogens is 4. The molecule has 0 aliphatic carbocycles. The lowest BCUT2D eigenvalue weighted by Gasteiger charge is -2.04. The van der Waals surface area contributed by atoms with E-state index < -0.39 is 0 Å². The highest BCUT2D eigenvalue weighted by Gasteiger charge is 2.07. The molecule has 14 rings (SSSR count). The van der Waals surface area contributed by atoms with Gasteiger partial charge in [0.25, 0.3) is 0 Å². The number of thiophene rings is 1. The summed E-state index contributed by atoms with van der Waals surface area (Å²) in [6.45, 7) is 60.4. The number of aryl methyl sites for hydroxylation is 5. The van der Waals surface area contributed by atoms with Gasteiger partial charge in [-0.05, 0) is 187 Å². The lowest BCUT2D eigenvalue weighted by atomic mass is 10.1. The summed E-state index contributed by atoms with van der Waals surface area (Å²) >= 11 is 1.77. The third-order valence-electron chi connectivity index (χ3n) is 17.9. The Bertz CT molecular complexity index is 3670. The van der Waals surface area contributed by atoms with Gasteiger partial charge in [0, 0.05) is 193 Å². The van der Waals surface area contributed by atoms with Gasteiger partial charge in [-0.15, -0.1) is 0 Å². The van der Waals surface area contributed by atoms with E-state index in [0.717, 1.165) is 23.1 Å². The van der Waals surface area contributed by atoms with Crippen molar-refractivity contribution in [2.24, 2.45) is 35.2 Å². The van der Waals surface area contributed by atoms with Gasteiger partial charge in [0.05, 0.1) is 49.8 Å². The minimum atomic E-state index is 0.519. The van der Waals surface area contributed by atoms with Crippen LogP contribution in [0.15, 0.2) is 242 Å². The number of aromatic nitrogens is 17. The monoisotopic (exact) mass is 1620 g/mol. The van der Waals surface area contributed by atoms with Gasteiger partial charge in [-0.1, -0.05) is 166 Å². The number of hydrogen-bond donors (Lipinski definition) is 4. The van der Waals surface area contributed by atoms with Crippen molar-refractivity contribution in [1.82, 2.24) is 81.8 Å². The largest absolute Gasteiger partial charge is 0.472 e. The van der Waals surface area contributed by atoms with E-state index in [-0.39, 0.29) is 0 Å². The first-order chi connectivity index (χ1) is 55.3. The molecule has 117 heavy (non-hydrogen) atoms. The van der Waals surface area contributed by atoms with E-state index in [0.29, 0.717) is 83.1 Å². The summed E-state index contributed by atoms with van der Waals surface area (Å²) in [6, 6.07) is 25.9. The molecule has 0 amide bonds. The zero-order valence-corrected chi connectivity index (χ0v) is 78.9. The average molecular weight is 1620 g/mol. The minimum absolute atomic E-state index is 0.519. The fourth-order valence-electron chi connectivity index (χ4n) is 10.2. The predicted molar refractivity (Wildman–Crippen MR) is 497 cm³/mol. The minimum Gasteiger partial charge on any atom is -0.472 e. The lowest BCUT2D eigenvalue weighted by molar-refractivity contribution is 0.487. The summed E-state index contributed by atoms with van der Waals surface area (Å²) in [4.78, 5) is 36.4. The van der Waals surface area contributed by atoms with Crippen molar-refractivity contribution in [2.75, 3.05) is 0 Å². The summed E-state index contributed by atoms with van der Waals surface area (Å²) in [6.07, 6.45) is 45.8. The number of hydrogen-bond acceptors (Lipinski definition) is 9. The van der Waals surface area contributed by atoms with Crippen LogP contribution in [-0.2, 0) is 35.2 Å². The second kappa shape index (κ2) is 59.6. The molecule has 0 aromatic carbocycles. The van der Waals surface area contributed by atoms with Crippen LogP contribution in [0.1, 0.15) is 345 Å². The average Bonchev–Trinajstić information content (AvgIpc) is 1.77. The molecule has 0 radical (unpaired) electrons. The first-order valence-corrected chi connectivity index (χ1v) is 42.8. The number of furan rings is 2. The highest BCUT2D eigenvalue weighted by molar-refractivity contribution is 7.08. The number of nitrogens with one attached hydrogen (secondary N) is 4. The van der Waals surface area contributed by atoms with Gasteiger partial charge < -0.3 is 60.7 Å². The molecule has 4 N–H and O–H groups in total. The molecule has 0 saturated heterocycles. The lowest BCUT2D eigenvalue weighted by Crippen LogP contribution is -1.98. The van der Waals surface area contributed by atoms with Gasteiger partial charge in [-0.2, -0.15) is 11.3 Å². The Kier molecular flexibility index (Phi) is 53.4. The molecular weight excluding hydrogens is 1470 g/mol. The Morgan fingerprint density at radius 2 is 1.03 bits per heavy atom. The van der Waals surface area contributed by atoms with Crippen LogP contribution in [0.25, 0.3) is 0 Å². The van der Waals surface area contributed by atoms with Gasteiger partial charge in [-0.25, -0.2) is 29.9 Å². The fourth-order valence-corrected chi connectivity index (χ4v) is 11.0. The van der Waals surface area contributed by atoms with E-state index in [9.17, 15) is 0 Å². The second-order valence-corrected chi connectivity index (χ2v) is 33.8. The Morgan fingerprint density at radius 1 is 0.376 bits per heavy atom. The summed E-state index contributed by atoms with van der Waals surface area (Å²) in [7, 11) is 10.1. The first-order valence-electron chi connectivity index (χ1n) is 41.8. The molecule has 14 heterocycles. The highest BCUT2D eigenvalue weighted by Crippen LogP contribution is 2.20. The molecule has 0 saturated carbocycles. The van der Waals surface area contributed by atoms with Crippen LogP contribution in [0.4, 0.5) is 0 Å². The van der Waals surface area contributed by atoms with Crippen molar-refractivity contribution < 1.29 is 8.83 Å². The van der Waals surface area contributed by atoms with E-state index in [1.165, 1.54) is 45.0 Å². The summed E-state index contributed by atoms with van der Waals surface area (Å²) in [5.74, 6) is 10.4. The topological polar surface area (TPSA) is 201 Å². The molecule has 20 heteroatoms. The van der Waals surface area contributed by atoms with Crippen molar-refractivity contribution >= 4 is 11.3 Å². The molecule has 19 nitrogen and oxygen atoms in total. The first kappa shape index (κ1) is 105. The number of rotatable bonds is 14. The van der Waals surface area contributed by atoms with Crippen LogP contribution >= 0.6 is 11.3 Å². The SMILES string of the molecule is CC(C)c1cc[nH]c1.CC(C)c1ccc[nH]1.CC(C)c1cccn1C.CC(C)c1ccco1.CC(C)c1ccn(C)c1.CC(C)c1ccoc1.CC(C)c1ccsc1.CC(C)c1cn(C)cn1.CC(C)c1cnc[nH]1.CC(C)c1cncn1C.CC(C)c1ncc[nH]1.CC(C)c1nccn1C.CC(C)n1cccc1.CC(C)n1ccnc1. The third kappa shape index (κ3) is 46.5. The van der Waals surface area contributed by atoms with Crippen LogP contribution < -0.4 is 0 Å².